The summed E-state index contributed by atoms with van der Waals surface area (Å²) in [6.07, 6.45) is 6.08. The number of aromatic nitrogens is 2. The number of aromatic amines is 1. The first kappa shape index (κ1) is 5.92. The third-order valence-corrected chi connectivity index (χ3v) is 2.18. The Hall–Kier alpha value is -0.830. The van der Waals surface area contributed by atoms with E-state index in [0.29, 0.717) is 0 Å². The van der Waals surface area contributed by atoms with Gasteiger partial charge in [-0.25, -0.2) is 4.98 Å². The Kier molecular flexibility index (Phi) is 1.08. The maximum atomic E-state index is 4.20. The summed E-state index contributed by atoms with van der Waals surface area (Å²) < 4.78 is 0. The Morgan fingerprint density at radius 2 is 2.50 bits per heavy atom. The van der Waals surface area contributed by atoms with Crippen LogP contribution in [0.1, 0.15) is 18.7 Å². The number of H-pyrrole nitrogens is 1. The molecule has 0 saturated heterocycles. The van der Waals surface area contributed by atoms with Crippen molar-refractivity contribution in [2.75, 3.05) is 7.05 Å². The molecule has 1 aliphatic carbocycles. The lowest BCUT2D eigenvalue weighted by Gasteiger charge is -2.08. The second-order valence-electron chi connectivity index (χ2n) is 2.77. The minimum Gasteiger partial charge on any atom is -0.347 e. The summed E-state index contributed by atoms with van der Waals surface area (Å²) in [5.74, 6) is 1.08. The van der Waals surface area contributed by atoms with E-state index in [9.17, 15) is 0 Å². The Bertz CT molecular complexity index is 211. The third kappa shape index (κ3) is 0.671. The molecular weight excluding hydrogens is 126 g/mol. The van der Waals surface area contributed by atoms with E-state index >= 15 is 0 Å². The molecule has 1 saturated carbocycles. The average molecular weight is 137 g/mol. The van der Waals surface area contributed by atoms with Crippen molar-refractivity contribution in [3.63, 3.8) is 0 Å². The highest BCUT2D eigenvalue weighted by Gasteiger charge is 2.44. The third-order valence-electron chi connectivity index (χ3n) is 2.18. The lowest BCUT2D eigenvalue weighted by molar-refractivity contribution is 0.553. The van der Waals surface area contributed by atoms with Crippen LogP contribution in [0, 0.1) is 0 Å². The lowest BCUT2D eigenvalue weighted by Crippen LogP contribution is -2.25. The molecule has 0 amide bonds. The molecule has 0 aromatic carbocycles. The van der Waals surface area contributed by atoms with Crippen LogP contribution in [0.3, 0.4) is 0 Å². The molecule has 0 spiro atoms. The topological polar surface area (TPSA) is 40.7 Å². The molecular formula is C7H11N3. The molecule has 3 heteroatoms. The van der Waals surface area contributed by atoms with E-state index < -0.39 is 0 Å². The Balaban J connectivity index is 2.27. The molecule has 1 aromatic heterocycles. The summed E-state index contributed by atoms with van der Waals surface area (Å²) in [4.78, 5) is 7.32. The SMILES string of the molecule is CNC1(c2ncc[nH]2)CC1. The first-order valence-electron chi connectivity index (χ1n) is 3.56. The predicted molar refractivity (Wildman–Crippen MR) is 38.6 cm³/mol. The zero-order valence-corrected chi connectivity index (χ0v) is 6.02. The van der Waals surface area contributed by atoms with Crippen molar-refractivity contribution in [2.45, 2.75) is 18.4 Å². The smallest absolute Gasteiger partial charge is 0.126 e. The van der Waals surface area contributed by atoms with Crippen LogP contribution in [0.2, 0.25) is 0 Å². The molecule has 1 aromatic rings. The van der Waals surface area contributed by atoms with Gasteiger partial charge >= 0.3 is 0 Å². The number of nitrogens with one attached hydrogen (secondary N) is 2. The summed E-state index contributed by atoms with van der Waals surface area (Å²) in [6, 6.07) is 0. The number of imidazole rings is 1. The second-order valence-corrected chi connectivity index (χ2v) is 2.77. The molecule has 1 fully saturated rings. The first-order chi connectivity index (χ1) is 4.87. The quantitative estimate of drug-likeness (QED) is 0.627. The van der Waals surface area contributed by atoms with E-state index in [4.69, 9.17) is 0 Å². The van der Waals surface area contributed by atoms with Gasteiger partial charge in [-0.1, -0.05) is 0 Å². The largest absolute Gasteiger partial charge is 0.347 e. The van der Waals surface area contributed by atoms with Crippen molar-refractivity contribution >= 4 is 0 Å². The number of hydrogen-bond acceptors (Lipinski definition) is 2. The van der Waals surface area contributed by atoms with Crippen LogP contribution in [-0.4, -0.2) is 17.0 Å². The average Bonchev–Trinajstić information content (AvgIpc) is 2.58. The number of nitrogens with zero attached hydrogens (tertiary/aromatic N) is 1. The monoisotopic (exact) mass is 137 g/mol. The highest BCUT2D eigenvalue weighted by atomic mass is 15.1. The van der Waals surface area contributed by atoms with Crippen molar-refractivity contribution in [2.24, 2.45) is 0 Å². The van der Waals surface area contributed by atoms with Crippen molar-refractivity contribution in [1.29, 1.82) is 0 Å². The fourth-order valence-corrected chi connectivity index (χ4v) is 1.26. The summed E-state index contributed by atoms with van der Waals surface area (Å²) in [6.45, 7) is 0. The second kappa shape index (κ2) is 1.83. The summed E-state index contributed by atoms with van der Waals surface area (Å²) in [5.41, 5.74) is 0.198. The van der Waals surface area contributed by atoms with Crippen molar-refractivity contribution in [1.82, 2.24) is 15.3 Å². The highest BCUT2D eigenvalue weighted by Crippen LogP contribution is 2.42. The van der Waals surface area contributed by atoms with E-state index in [0.717, 1.165) is 5.82 Å². The van der Waals surface area contributed by atoms with Gasteiger partial charge in [0, 0.05) is 12.4 Å². The van der Waals surface area contributed by atoms with E-state index in [-0.39, 0.29) is 5.54 Å². The van der Waals surface area contributed by atoms with Gasteiger partial charge in [0.25, 0.3) is 0 Å². The van der Waals surface area contributed by atoms with Gasteiger partial charge in [0.1, 0.15) is 5.82 Å². The van der Waals surface area contributed by atoms with Crippen LogP contribution >= 0.6 is 0 Å². The van der Waals surface area contributed by atoms with Gasteiger partial charge in [-0.15, -0.1) is 0 Å². The van der Waals surface area contributed by atoms with Gasteiger partial charge in [-0.2, -0.15) is 0 Å². The lowest BCUT2D eigenvalue weighted by atomic mass is 10.3. The number of hydrogen-bond donors (Lipinski definition) is 2. The molecule has 10 heavy (non-hydrogen) atoms. The molecule has 2 N–H and O–H groups in total. The van der Waals surface area contributed by atoms with Crippen LogP contribution in [0.15, 0.2) is 12.4 Å². The fraction of sp³-hybridized carbons (Fsp3) is 0.571. The van der Waals surface area contributed by atoms with Crippen LogP contribution < -0.4 is 5.32 Å². The molecule has 2 rings (SSSR count). The van der Waals surface area contributed by atoms with E-state index in [1.165, 1.54) is 12.8 Å². The maximum Gasteiger partial charge on any atom is 0.126 e. The Morgan fingerprint density at radius 1 is 1.70 bits per heavy atom. The molecule has 3 nitrogen and oxygen atoms in total. The minimum atomic E-state index is 0.198. The number of rotatable bonds is 2. The van der Waals surface area contributed by atoms with Gasteiger partial charge in [-0.05, 0) is 19.9 Å². The highest BCUT2D eigenvalue weighted by molar-refractivity contribution is 5.15. The van der Waals surface area contributed by atoms with Crippen LogP contribution in [0.25, 0.3) is 0 Å². The maximum absolute atomic E-state index is 4.20. The molecule has 0 aliphatic heterocycles. The Labute approximate surface area is 59.9 Å². The summed E-state index contributed by atoms with van der Waals surface area (Å²) in [5, 5.41) is 3.26. The van der Waals surface area contributed by atoms with E-state index in [1.807, 2.05) is 13.2 Å². The molecule has 1 heterocycles. The van der Waals surface area contributed by atoms with E-state index in [1.54, 1.807) is 6.20 Å². The molecule has 0 radical (unpaired) electrons. The normalized spacial score (nSPS) is 20.9. The van der Waals surface area contributed by atoms with Crippen molar-refractivity contribution in [3.05, 3.63) is 18.2 Å². The zero-order valence-electron chi connectivity index (χ0n) is 6.02. The van der Waals surface area contributed by atoms with Gasteiger partial charge in [-0.3, -0.25) is 0 Å². The fourth-order valence-electron chi connectivity index (χ4n) is 1.26. The molecule has 54 valence electrons. The van der Waals surface area contributed by atoms with Gasteiger partial charge in [0.2, 0.25) is 0 Å². The molecule has 1 aliphatic rings. The van der Waals surface area contributed by atoms with Gasteiger partial charge in [0.05, 0.1) is 5.54 Å². The minimum absolute atomic E-state index is 0.198. The van der Waals surface area contributed by atoms with Crippen LogP contribution in [0.5, 0.6) is 0 Å². The summed E-state index contributed by atoms with van der Waals surface area (Å²) in [7, 11) is 1.98. The van der Waals surface area contributed by atoms with E-state index in [2.05, 4.69) is 15.3 Å². The first-order valence-corrected chi connectivity index (χ1v) is 3.56. The molecule has 0 bridgehead atoms. The Morgan fingerprint density at radius 3 is 2.90 bits per heavy atom. The van der Waals surface area contributed by atoms with Crippen LogP contribution in [-0.2, 0) is 5.54 Å². The molecule has 0 unspecified atom stereocenters. The van der Waals surface area contributed by atoms with Gasteiger partial charge < -0.3 is 10.3 Å². The van der Waals surface area contributed by atoms with Crippen molar-refractivity contribution < 1.29 is 0 Å². The standard InChI is InChI=1S/C7H11N3/c1-8-7(2-3-7)6-9-4-5-10-6/h4-5,8H,2-3H2,1H3,(H,9,10). The van der Waals surface area contributed by atoms with Crippen molar-refractivity contribution in [3.8, 4) is 0 Å². The van der Waals surface area contributed by atoms with Crippen LogP contribution in [0.4, 0.5) is 0 Å². The predicted octanol–water partition coefficient (Wildman–Crippen LogP) is 0.618. The zero-order chi connectivity index (χ0) is 7.03. The van der Waals surface area contributed by atoms with Gasteiger partial charge in [0.15, 0.2) is 0 Å². The summed E-state index contributed by atoms with van der Waals surface area (Å²) >= 11 is 0. The molecule has 0 atom stereocenters.